The molecule has 0 aromatic heterocycles. The van der Waals surface area contributed by atoms with Crippen molar-refractivity contribution in [2.24, 2.45) is 0 Å². The average molecular weight is 293 g/mol. The molecule has 1 amide bonds. The third kappa shape index (κ3) is 4.56. The molecule has 0 radical (unpaired) electrons. The van der Waals surface area contributed by atoms with E-state index in [-0.39, 0.29) is 17.4 Å². The van der Waals surface area contributed by atoms with Crippen LogP contribution in [0.1, 0.15) is 24.0 Å². The first-order valence-corrected chi connectivity index (χ1v) is 7.86. The molecule has 20 heavy (non-hydrogen) atoms. The number of thioether (sulfide) groups is 1. The topological polar surface area (TPSA) is 57.6 Å². The van der Waals surface area contributed by atoms with E-state index in [1.807, 2.05) is 36.1 Å². The summed E-state index contributed by atoms with van der Waals surface area (Å²) in [5.41, 5.74) is 2.33. The minimum atomic E-state index is -0.876. The van der Waals surface area contributed by atoms with Gasteiger partial charge in [-0.1, -0.05) is 29.8 Å². The fourth-order valence-electron chi connectivity index (χ4n) is 2.01. The first-order valence-electron chi connectivity index (χ1n) is 6.71. The van der Waals surface area contributed by atoms with Crippen molar-refractivity contribution < 1.29 is 14.7 Å². The molecule has 5 heteroatoms. The van der Waals surface area contributed by atoms with Crippen LogP contribution in [0.3, 0.4) is 0 Å². The number of aliphatic carboxylic acids is 1. The SMILES string of the molecule is Cc1ccc(CN(C(=O)CSCC(=O)O)C2CC2)cc1. The number of carbonyl (C=O) groups excluding carboxylic acids is 1. The van der Waals surface area contributed by atoms with Gasteiger partial charge in [0, 0.05) is 12.6 Å². The number of benzene rings is 1. The molecule has 0 heterocycles. The number of rotatable bonds is 7. The molecule has 1 aliphatic carbocycles. The standard InChI is InChI=1S/C15H19NO3S/c1-11-2-4-12(5-3-11)8-16(13-6-7-13)14(17)9-20-10-15(18)19/h2-5,13H,6-10H2,1H3,(H,18,19). The van der Waals surface area contributed by atoms with Crippen molar-refractivity contribution in [1.82, 2.24) is 4.90 Å². The zero-order valence-corrected chi connectivity index (χ0v) is 12.4. The maximum atomic E-state index is 12.2. The van der Waals surface area contributed by atoms with Crippen LogP contribution in [0.15, 0.2) is 24.3 Å². The second-order valence-electron chi connectivity index (χ2n) is 5.12. The minimum Gasteiger partial charge on any atom is -0.481 e. The molecular formula is C15H19NO3S. The summed E-state index contributed by atoms with van der Waals surface area (Å²) >= 11 is 1.17. The minimum absolute atomic E-state index is 0.0191. The van der Waals surface area contributed by atoms with E-state index in [9.17, 15) is 9.59 Å². The molecule has 0 saturated heterocycles. The van der Waals surface area contributed by atoms with Crippen LogP contribution in [0.4, 0.5) is 0 Å². The van der Waals surface area contributed by atoms with Gasteiger partial charge in [-0.05, 0) is 25.3 Å². The highest BCUT2D eigenvalue weighted by atomic mass is 32.2. The molecule has 0 atom stereocenters. The Balaban J connectivity index is 1.91. The van der Waals surface area contributed by atoms with Gasteiger partial charge in [0.2, 0.25) is 5.91 Å². The first-order chi connectivity index (χ1) is 9.56. The van der Waals surface area contributed by atoms with Crippen molar-refractivity contribution >= 4 is 23.6 Å². The summed E-state index contributed by atoms with van der Waals surface area (Å²) in [6.45, 7) is 2.66. The number of carboxylic acids is 1. The summed E-state index contributed by atoms with van der Waals surface area (Å²) in [7, 11) is 0. The number of hydrogen-bond donors (Lipinski definition) is 1. The van der Waals surface area contributed by atoms with Crippen LogP contribution in [-0.2, 0) is 16.1 Å². The van der Waals surface area contributed by atoms with Crippen LogP contribution in [0.25, 0.3) is 0 Å². The van der Waals surface area contributed by atoms with Gasteiger partial charge in [0.15, 0.2) is 0 Å². The smallest absolute Gasteiger partial charge is 0.313 e. The van der Waals surface area contributed by atoms with Crippen molar-refractivity contribution in [2.45, 2.75) is 32.4 Å². The van der Waals surface area contributed by atoms with Crippen LogP contribution in [0.5, 0.6) is 0 Å². The predicted molar refractivity (Wildman–Crippen MR) is 79.7 cm³/mol. The van der Waals surface area contributed by atoms with E-state index in [0.29, 0.717) is 12.6 Å². The van der Waals surface area contributed by atoms with E-state index in [0.717, 1.165) is 18.4 Å². The highest BCUT2D eigenvalue weighted by molar-refractivity contribution is 8.00. The number of hydrogen-bond acceptors (Lipinski definition) is 3. The fraction of sp³-hybridized carbons (Fsp3) is 0.467. The zero-order valence-electron chi connectivity index (χ0n) is 11.5. The summed E-state index contributed by atoms with van der Waals surface area (Å²) in [5.74, 6) is -0.609. The van der Waals surface area contributed by atoms with E-state index < -0.39 is 5.97 Å². The second kappa shape index (κ2) is 6.79. The molecule has 0 spiro atoms. The number of aryl methyl sites for hydroxylation is 1. The molecular weight excluding hydrogens is 274 g/mol. The van der Waals surface area contributed by atoms with Crippen molar-refractivity contribution in [3.05, 3.63) is 35.4 Å². The van der Waals surface area contributed by atoms with E-state index in [4.69, 9.17) is 5.11 Å². The van der Waals surface area contributed by atoms with Crippen molar-refractivity contribution in [3.63, 3.8) is 0 Å². The Kier molecular flexibility index (Phi) is 5.06. The van der Waals surface area contributed by atoms with Gasteiger partial charge in [0.25, 0.3) is 0 Å². The number of carbonyl (C=O) groups is 2. The Morgan fingerprint density at radius 1 is 1.25 bits per heavy atom. The lowest BCUT2D eigenvalue weighted by Crippen LogP contribution is -2.34. The number of nitrogens with zero attached hydrogens (tertiary/aromatic N) is 1. The summed E-state index contributed by atoms with van der Waals surface area (Å²) < 4.78 is 0. The van der Waals surface area contributed by atoms with Gasteiger partial charge in [0.1, 0.15) is 0 Å². The van der Waals surface area contributed by atoms with Crippen molar-refractivity contribution in [1.29, 1.82) is 0 Å². The molecule has 4 nitrogen and oxygen atoms in total. The van der Waals surface area contributed by atoms with Gasteiger partial charge in [-0.25, -0.2) is 0 Å². The monoisotopic (exact) mass is 293 g/mol. The third-order valence-corrected chi connectivity index (χ3v) is 4.13. The van der Waals surface area contributed by atoms with Crippen LogP contribution >= 0.6 is 11.8 Å². The van der Waals surface area contributed by atoms with E-state index in [1.165, 1.54) is 17.3 Å². The van der Waals surface area contributed by atoms with Gasteiger partial charge in [-0.2, -0.15) is 0 Å². The normalized spacial score (nSPS) is 14.1. The maximum absolute atomic E-state index is 12.2. The average Bonchev–Trinajstić information content (AvgIpc) is 3.21. The highest BCUT2D eigenvalue weighted by Crippen LogP contribution is 2.29. The molecule has 1 aliphatic rings. The predicted octanol–water partition coefficient (Wildman–Crippen LogP) is 2.30. The van der Waals surface area contributed by atoms with Crippen LogP contribution in [0.2, 0.25) is 0 Å². The van der Waals surface area contributed by atoms with E-state index in [1.54, 1.807) is 0 Å². The van der Waals surface area contributed by atoms with Crippen LogP contribution < -0.4 is 0 Å². The first kappa shape index (κ1) is 14.9. The molecule has 0 unspecified atom stereocenters. The molecule has 108 valence electrons. The zero-order chi connectivity index (χ0) is 14.5. The summed E-state index contributed by atoms with van der Waals surface area (Å²) in [6.07, 6.45) is 2.11. The lowest BCUT2D eigenvalue weighted by molar-refractivity contribution is -0.133. The van der Waals surface area contributed by atoms with Gasteiger partial charge in [-0.15, -0.1) is 11.8 Å². The van der Waals surface area contributed by atoms with Gasteiger partial charge < -0.3 is 10.0 Å². The fourth-order valence-corrected chi connectivity index (χ4v) is 2.62. The van der Waals surface area contributed by atoms with Gasteiger partial charge in [0.05, 0.1) is 11.5 Å². The Morgan fingerprint density at radius 2 is 1.90 bits per heavy atom. The lowest BCUT2D eigenvalue weighted by Gasteiger charge is -2.22. The number of amides is 1. The Labute approximate surface area is 123 Å². The van der Waals surface area contributed by atoms with Crippen molar-refractivity contribution in [2.75, 3.05) is 11.5 Å². The van der Waals surface area contributed by atoms with Gasteiger partial charge >= 0.3 is 5.97 Å². The number of carboxylic acid groups (broad SMARTS) is 1. The molecule has 1 N–H and O–H groups in total. The van der Waals surface area contributed by atoms with Gasteiger partial charge in [-0.3, -0.25) is 9.59 Å². The molecule has 1 aromatic carbocycles. The molecule has 1 aromatic rings. The second-order valence-corrected chi connectivity index (χ2v) is 6.11. The van der Waals surface area contributed by atoms with Crippen molar-refractivity contribution in [3.8, 4) is 0 Å². The molecule has 0 bridgehead atoms. The van der Waals surface area contributed by atoms with Crippen LogP contribution in [-0.4, -0.2) is 39.4 Å². The van der Waals surface area contributed by atoms with E-state index in [2.05, 4.69) is 0 Å². The Bertz CT molecular complexity index is 482. The summed E-state index contributed by atoms with van der Waals surface area (Å²) in [4.78, 5) is 24.6. The molecule has 0 aliphatic heterocycles. The molecule has 2 rings (SSSR count). The quantitative estimate of drug-likeness (QED) is 0.838. The molecule has 1 saturated carbocycles. The van der Waals surface area contributed by atoms with E-state index >= 15 is 0 Å². The Morgan fingerprint density at radius 3 is 2.45 bits per heavy atom. The largest absolute Gasteiger partial charge is 0.481 e. The summed E-state index contributed by atoms with van der Waals surface area (Å²) in [5, 5.41) is 8.60. The highest BCUT2D eigenvalue weighted by Gasteiger charge is 2.32. The maximum Gasteiger partial charge on any atom is 0.313 e. The molecule has 1 fully saturated rings. The summed E-state index contributed by atoms with van der Waals surface area (Å²) in [6, 6.07) is 8.52. The Hall–Kier alpha value is -1.49. The third-order valence-electron chi connectivity index (χ3n) is 3.23. The lowest BCUT2D eigenvalue weighted by atomic mass is 10.1. The van der Waals surface area contributed by atoms with Crippen LogP contribution in [0, 0.1) is 6.92 Å².